The Hall–Kier alpha value is 0.140. The van der Waals surface area contributed by atoms with Crippen LogP contribution in [0.2, 0.25) is 0 Å². The molecule has 2 unspecified atom stereocenters. The first-order valence-corrected chi connectivity index (χ1v) is 7.79. The van der Waals surface area contributed by atoms with E-state index in [0.29, 0.717) is 6.04 Å². The maximum atomic E-state index is 3.65. The van der Waals surface area contributed by atoms with Crippen molar-refractivity contribution in [1.82, 2.24) is 5.32 Å². The molecule has 17 heavy (non-hydrogen) atoms. The summed E-state index contributed by atoms with van der Waals surface area (Å²) in [4.78, 5) is 0. The number of benzene rings is 1. The van der Waals surface area contributed by atoms with Gasteiger partial charge in [0.05, 0.1) is 0 Å². The zero-order chi connectivity index (χ0) is 12.8. The van der Waals surface area contributed by atoms with Crippen molar-refractivity contribution >= 4 is 31.9 Å². The van der Waals surface area contributed by atoms with Crippen LogP contribution in [0.3, 0.4) is 0 Å². The lowest BCUT2D eigenvalue weighted by molar-refractivity contribution is 0.406. The topological polar surface area (TPSA) is 12.0 Å². The molecule has 0 aliphatic rings. The van der Waals surface area contributed by atoms with E-state index in [1.165, 1.54) is 29.3 Å². The van der Waals surface area contributed by atoms with E-state index in [2.05, 4.69) is 69.2 Å². The van der Waals surface area contributed by atoms with Gasteiger partial charge < -0.3 is 5.32 Å². The minimum absolute atomic E-state index is 0.430. The first-order chi connectivity index (χ1) is 8.08. The number of hydrogen-bond donors (Lipinski definition) is 1. The van der Waals surface area contributed by atoms with Gasteiger partial charge in [-0.25, -0.2) is 0 Å². The van der Waals surface area contributed by atoms with E-state index in [1.54, 1.807) is 0 Å². The van der Waals surface area contributed by atoms with Crippen molar-refractivity contribution in [3.8, 4) is 0 Å². The largest absolute Gasteiger partial charge is 0.313 e. The van der Waals surface area contributed by atoms with Crippen LogP contribution in [-0.4, -0.2) is 7.05 Å². The summed E-state index contributed by atoms with van der Waals surface area (Å²) in [5.41, 5.74) is 1.35. The highest BCUT2D eigenvalue weighted by Gasteiger charge is 2.15. The molecule has 0 spiro atoms. The fraction of sp³-hybridized carbons (Fsp3) is 0.571. The average molecular weight is 363 g/mol. The van der Waals surface area contributed by atoms with E-state index in [9.17, 15) is 0 Å². The third kappa shape index (κ3) is 4.72. The zero-order valence-corrected chi connectivity index (χ0v) is 13.9. The van der Waals surface area contributed by atoms with Gasteiger partial charge in [0.25, 0.3) is 0 Å². The fourth-order valence-corrected chi connectivity index (χ4v) is 3.52. The van der Waals surface area contributed by atoms with Crippen molar-refractivity contribution in [2.24, 2.45) is 5.92 Å². The normalized spacial score (nSPS) is 14.6. The van der Waals surface area contributed by atoms with Gasteiger partial charge in [-0.2, -0.15) is 0 Å². The summed E-state index contributed by atoms with van der Waals surface area (Å²) in [5, 5.41) is 3.42. The number of hydrogen-bond acceptors (Lipinski definition) is 1. The molecule has 0 bridgehead atoms. The van der Waals surface area contributed by atoms with Crippen LogP contribution in [0, 0.1) is 5.92 Å². The van der Waals surface area contributed by atoms with E-state index in [0.717, 1.165) is 10.4 Å². The lowest BCUT2D eigenvalue weighted by Gasteiger charge is -2.22. The molecule has 0 heterocycles. The minimum Gasteiger partial charge on any atom is -0.313 e. The Labute approximate surface area is 122 Å². The Morgan fingerprint density at radius 2 is 2.00 bits per heavy atom. The van der Waals surface area contributed by atoms with Crippen molar-refractivity contribution in [2.75, 3.05) is 7.05 Å². The Morgan fingerprint density at radius 1 is 1.29 bits per heavy atom. The molecule has 0 saturated carbocycles. The first kappa shape index (κ1) is 15.2. The van der Waals surface area contributed by atoms with E-state index in [-0.39, 0.29) is 0 Å². The van der Waals surface area contributed by atoms with Crippen LogP contribution in [0.1, 0.15) is 44.7 Å². The molecular formula is C14H21Br2N. The highest BCUT2D eigenvalue weighted by atomic mass is 79.9. The molecule has 1 N–H and O–H groups in total. The quantitative estimate of drug-likeness (QED) is 0.724. The van der Waals surface area contributed by atoms with Crippen molar-refractivity contribution in [3.05, 3.63) is 32.7 Å². The minimum atomic E-state index is 0.430. The third-order valence-corrected chi connectivity index (χ3v) is 4.29. The van der Waals surface area contributed by atoms with Crippen molar-refractivity contribution in [1.29, 1.82) is 0 Å². The molecule has 0 aromatic heterocycles. The Balaban J connectivity index is 2.79. The Bertz CT molecular complexity index is 352. The van der Waals surface area contributed by atoms with E-state index in [4.69, 9.17) is 0 Å². The highest BCUT2D eigenvalue weighted by molar-refractivity contribution is 9.11. The smallest absolute Gasteiger partial charge is 0.0331 e. The van der Waals surface area contributed by atoms with Gasteiger partial charge >= 0.3 is 0 Å². The van der Waals surface area contributed by atoms with Crippen LogP contribution in [0.5, 0.6) is 0 Å². The SMILES string of the molecule is CCCC(C)CC(NC)c1ccc(Br)cc1Br. The second-order valence-electron chi connectivity index (χ2n) is 4.64. The lowest BCUT2D eigenvalue weighted by atomic mass is 9.93. The molecule has 96 valence electrons. The summed E-state index contributed by atoms with van der Waals surface area (Å²) < 4.78 is 2.29. The molecule has 3 heteroatoms. The van der Waals surface area contributed by atoms with Crippen LogP contribution >= 0.6 is 31.9 Å². The van der Waals surface area contributed by atoms with E-state index < -0.39 is 0 Å². The van der Waals surface area contributed by atoms with Crippen LogP contribution in [0.25, 0.3) is 0 Å². The molecule has 1 rings (SSSR count). The first-order valence-electron chi connectivity index (χ1n) is 6.20. The maximum Gasteiger partial charge on any atom is 0.0331 e. The van der Waals surface area contributed by atoms with Crippen molar-refractivity contribution in [2.45, 2.75) is 39.2 Å². The summed E-state index contributed by atoms with van der Waals surface area (Å²) in [5.74, 6) is 0.757. The number of nitrogens with one attached hydrogen (secondary N) is 1. The Morgan fingerprint density at radius 3 is 2.53 bits per heavy atom. The lowest BCUT2D eigenvalue weighted by Crippen LogP contribution is -2.19. The molecule has 2 atom stereocenters. The predicted octanol–water partition coefficient (Wildman–Crippen LogP) is 5.30. The van der Waals surface area contributed by atoms with Gasteiger partial charge in [-0.1, -0.05) is 64.6 Å². The van der Waals surface area contributed by atoms with Crippen LogP contribution < -0.4 is 5.32 Å². The van der Waals surface area contributed by atoms with E-state index >= 15 is 0 Å². The molecule has 0 saturated heterocycles. The fourth-order valence-electron chi connectivity index (χ4n) is 2.20. The molecular weight excluding hydrogens is 342 g/mol. The van der Waals surface area contributed by atoms with Gasteiger partial charge in [-0.15, -0.1) is 0 Å². The van der Waals surface area contributed by atoms with Gasteiger partial charge in [0.2, 0.25) is 0 Å². The molecule has 0 aliphatic carbocycles. The molecule has 1 aromatic carbocycles. The van der Waals surface area contributed by atoms with Gasteiger partial charge in [-0.05, 0) is 37.1 Å². The van der Waals surface area contributed by atoms with Gasteiger partial charge in [0, 0.05) is 15.0 Å². The van der Waals surface area contributed by atoms with Crippen LogP contribution in [-0.2, 0) is 0 Å². The van der Waals surface area contributed by atoms with Crippen LogP contribution in [0.15, 0.2) is 27.1 Å². The molecule has 1 aromatic rings. The molecule has 0 fully saturated rings. The van der Waals surface area contributed by atoms with Gasteiger partial charge in [-0.3, -0.25) is 0 Å². The third-order valence-electron chi connectivity index (χ3n) is 3.11. The second kappa shape index (κ2) is 7.55. The highest BCUT2D eigenvalue weighted by Crippen LogP contribution is 2.31. The standard InChI is InChI=1S/C14H21Br2N/c1-4-5-10(2)8-14(17-3)12-7-6-11(15)9-13(12)16/h6-7,9-10,14,17H,4-5,8H2,1-3H3. The van der Waals surface area contributed by atoms with Crippen molar-refractivity contribution in [3.63, 3.8) is 0 Å². The summed E-state index contributed by atoms with van der Waals surface area (Å²) in [6, 6.07) is 6.84. The summed E-state index contributed by atoms with van der Waals surface area (Å²) in [6.07, 6.45) is 3.75. The summed E-state index contributed by atoms with van der Waals surface area (Å²) >= 11 is 7.14. The molecule has 0 amide bonds. The van der Waals surface area contributed by atoms with Crippen molar-refractivity contribution < 1.29 is 0 Å². The Kier molecular flexibility index (Phi) is 6.75. The van der Waals surface area contributed by atoms with E-state index in [1.807, 2.05) is 7.05 Å². The predicted molar refractivity (Wildman–Crippen MR) is 82.3 cm³/mol. The number of halogens is 2. The molecule has 0 aliphatic heterocycles. The maximum absolute atomic E-state index is 3.65. The van der Waals surface area contributed by atoms with Crippen LogP contribution in [0.4, 0.5) is 0 Å². The molecule has 0 radical (unpaired) electrons. The molecule has 1 nitrogen and oxygen atoms in total. The summed E-state index contributed by atoms with van der Waals surface area (Å²) in [6.45, 7) is 4.58. The second-order valence-corrected chi connectivity index (χ2v) is 6.41. The number of rotatable bonds is 6. The van der Waals surface area contributed by atoms with Gasteiger partial charge in [0.15, 0.2) is 0 Å². The average Bonchev–Trinajstić information content (AvgIpc) is 2.27. The zero-order valence-electron chi connectivity index (χ0n) is 10.8. The monoisotopic (exact) mass is 361 g/mol. The van der Waals surface area contributed by atoms with Gasteiger partial charge in [0.1, 0.15) is 0 Å². The summed E-state index contributed by atoms with van der Waals surface area (Å²) in [7, 11) is 2.04.